The third-order valence-corrected chi connectivity index (χ3v) is 5.86. The molecule has 0 bridgehead atoms. The maximum Gasteiger partial charge on any atom is 0.254 e. The number of hydrogen-bond donors (Lipinski definition) is 0. The molecule has 1 fully saturated rings. The summed E-state index contributed by atoms with van der Waals surface area (Å²) in [6.45, 7) is 2.00. The Morgan fingerprint density at radius 1 is 1.13 bits per heavy atom. The van der Waals surface area contributed by atoms with E-state index in [9.17, 15) is 14.4 Å². The Labute approximate surface area is 174 Å². The highest BCUT2D eigenvalue weighted by Crippen LogP contribution is 2.35. The minimum absolute atomic E-state index is 0.0157. The molecule has 0 saturated carbocycles. The summed E-state index contributed by atoms with van der Waals surface area (Å²) in [6.07, 6.45) is 0.636. The SMILES string of the molecule is CN1C(=O)C[C@@H](N(C)C(=O)c2ccc(C3=NO[C@](C)(c4ccccc4)C3)cc2)C1=O. The number of nitrogens with zero attached hydrogens (tertiary/aromatic N) is 3. The maximum atomic E-state index is 12.8. The summed E-state index contributed by atoms with van der Waals surface area (Å²) in [4.78, 5) is 44.9. The van der Waals surface area contributed by atoms with Crippen LogP contribution in [0.1, 0.15) is 41.3 Å². The standard InChI is InChI=1S/C23H23N3O4/c1-23(17-7-5-4-6-8-17)14-18(24-30-23)15-9-11-16(12-10-15)21(28)25(2)19-13-20(27)26(3)22(19)29/h4-12,19H,13-14H2,1-3H3/t19-,23+/m1/s1. The van der Waals surface area contributed by atoms with Crippen LogP contribution in [0.4, 0.5) is 0 Å². The van der Waals surface area contributed by atoms with Crippen LogP contribution in [0.2, 0.25) is 0 Å². The number of amides is 3. The molecule has 0 spiro atoms. The molecule has 0 unspecified atom stereocenters. The van der Waals surface area contributed by atoms with Gasteiger partial charge in [-0.3, -0.25) is 19.3 Å². The zero-order chi connectivity index (χ0) is 21.5. The lowest BCUT2D eigenvalue weighted by Crippen LogP contribution is -2.42. The molecule has 1 saturated heterocycles. The number of benzene rings is 2. The molecule has 30 heavy (non-hydrogen) atoms. The van der Waals surface area contributed by atoms with Crippen LogP contribution in [-0.2, 0) is 20.0 Å². The Kier molecular flexibility index (Phi) is 4.89. The van der Waals surface area contributed by atoms with E-state index in [4.69, 9.17) is 4.84 Å². The van der Waals surface area contributed by atoms with Crippen molar-refractivity contribution < 1.29 is 19.2 Å². The van der Waals surface area contributed by atoms with Crippen molar-refractivity contribution in [3.8, 4) is 0 Å². The normalized spacial score (nSPS) is 23.4. The molecular formula is C23H23N3O4. The highest BCUT2D eigenvalue weighted by Gasteiger charge is 2.40. The molecule has 7 nitrogen and oxygen atoms in total. The fourth-order valence-corrected chi connectivity index (χ4v) is 3.83. The Morgan fingerprint density at radius 2 is 1.80 bits per heavy atom. The van der Waals surface area contributed by atoms with Gasteiger partial charge in [-0.15, -0.1) is 0 Å². The first-order valence-corrected chi connectivity index (χ1v) is 9.79. The molecule has 4 rings (SSSR count). The second-order valence-electron chi connectivity index (χ2n) is 7.91. The van der Waals surface area contributed by atoms with Crippen LogP contribution in [0.15, 0.2) is 59.8 Å². The number of oxime groups is 1. The highest BCUT2D eigenvalue weighted by molar-refractivity contribution is 6.08. The third-order valence-electron chi connectivity index (χ3n) is 5.86. The van der Waals surface area contributed by atoms with E-state index < -0.39 is 11.6 Å². The lowest BCUT2D eigenvalue weighted by molar-refractivity contribution is -0.137. The monoisotopic (exact) mass is 405 g/mol. The van der Waals surface area contributed by atoms with Crippen molar-refractivity contribution in [2.24, 2.45) is 5.16 Å². The van der Waals surface area contributed by atoms with Gasteiger partial charge in [-0.1, -0.05) is 47.6 Å². The van der Waals surface area contributed by atoms with Crippen LogP contribution in [0, 0.1) is 0 Å². The van der Waals surface area contributed by atoms with E-state index in [1.54, 1.807) is 19.2 Å². The third kappa shape index (κ3) is 3.36. The molecule has 7 heteroatoms. The fraction of sp³-hybridized carbons (Fsp3) is 0.304. The van der Waals surface area contributed by atoms with Gasteiger partial charge >= 0.3 is 0 Å². The summed E-state index contributed by atoms with van der Waals surface area (Å²) < 4.78 is 0. The Morgan fingerprint density at radius 3 is 2.40 bits per heavy atom. The van der Waals surface area contributed by atoms with Crippen molar-refractivity contribution in [1.82, 2.24) is 9.80 Å². The van der Waals surface area contributed by atoms with Gasteiger partial charge in [0.25, 0.3) is 11.8 Å². The lowest BCUT2D eigenvalue weighted by atomic mass is 9.89. The molecule has 154 valence electrons. The van der Waals surface area contributed by atoms with Gasteiger partial charge in [-0.05, 0) is 30.2 Å². The predicted molar refractivity (Wildman–Crippen MR) is 111 cm³/mol. The minimum Gasteiger partial charge on any atom is -0.384 e. The first-order valence-electron chi connectivity index (χ1n) is 9.79. The van der Waals surface area contributed by atoms with E-state index in [1.165, 1.54) is 11.9 Å². The van der Waals surface area contributed by atoms with Gasteiger partial charge in [0.2, 0.25) is 5.91 Å². The Balaban J connectivity index is 1.47. The molecular weight excluding hydrogens is 382 g/mol. The van der Waals surface area contributed by atoms with Gasteiger partial charge in [-0.2, -0.15) is 0 Å². The Bertz CT molecular complexity index is 1030. The van der Waals surface area contributed by atoms with E-state index in [-0.39, 0.29) is 24.1 Å². The number of imide groups is 1. The van der Waals surface area contributed by atoms with E-state index in [2.05, 4.69) is 5.16 Å². The first-order chi connectivity index (χ1) is 14.3. The quantitative estimate of drug-likeness (QED) is 0.733. The topological polar surface area (TPSA) is 79.3 Å². The second kappa shape index (κ2) is 7.40. The van der Waals surface area contributed by atoms with Crippen molar-refractivity contribution in [2.75, 3.05) is 14.1 Å². The van der Waals surface area contributed by atoms with Gasteiger partial charge in [0.15, 0.2) is 5.60 Å². The zero-order valence-electron chi connectivity index (χ0n) is 17.2. The van der Waals surface area contributed by atoms with Gasteiger partial charge in [0.1, 0.15) is 6.04 Å². The van der Waals surface area contributed by atoms with Crippen LogP contribution in [0.5, 0.6) is 0 Å². The average molecular weight is 405 g/mol. The number of carbonyl (C=O) groups excluding carboxylic acids is 3. The molecule has 0 radical (unpaired) electrons. The van der Waals surface area contributed by atoms with Crippen molar-refractivity contribution in [2.45, 2.75) is 31.4 Å². The minimum atomic E-state index is -0.756. The maximum absolute atomic E-state index is 12.8. The molecule has 0 aliphatic carbocycles. The highest BCUT2D eigenvalue weighted by atomic mass is 16.7. The number of likely N-dealkylation sites (N-methyl/N-ethyl adjacent to an activating group) is 2. The van der Waals surface area contributed by atoms with E-state index >= 15 is 0 Å². The summed E-state index contributed by atoms with van der Waals surface area (Å²) in [5, 5.41) is 4.27. The fourth-order valence-electron chi connectivity index (χ4n) is 3.83. The van der Waals surface area contributed by atoms with Crippen molar-refractivity contribution in [3.63, 3.8) is 0 Å². The molecule has 3 amide bonds. The molecule has 2 atom stereocenters. The van der Waals surface area contributed by atoms with Gasteiger partial charge in [-0.25, -0.2) is 0 Å². The van der Waals surface area contributed by atoms with Crippen molar-refractivity contribution in [1.29, 1.82) is 0 Å². The van der Waals surface area contributed by atoms with Crippen molar-refractivity contribution in [3.05, 3.63) is 71.3 Å². The molecule has 2 aliphatic heterocycles. The van der Waals surface area contributed by atoms with Crippen LogP contribution in [0.25, 0.3) is 0 Å². The van der Waals surface area contributed by atoms with Crippen molar-refractivity contribution >= 4 is 23.4 Å². The predicted octanol–water partition coefficient (Wildman–Crippen LogP) is 2.56. The molecule has 0 N–H and O–H groups in total. The largest absolute Gasteiger partial charge is 0.384 e. The van der Waals surface area contributed by atoms with E-state index in [0.717, 1.165) is 21.7 Å². The second-order valence-corrected chi connectivity index (χ2v) is 7.91. The van der Waals surface area contributed by atoms with Gasteiger partial charge < -0.3 is 9.74 Å². The average Bonchev–Trinajstić information content (AvgIpc) is 3.30. The smallest absolute Gasteiger partial charge is 0.254 e. The molecule has 0 aromatic heterocycles. The zero-order valence-corrected chi connectivity index (χ0v) is 17.2. The number of rotatable bonds is 4. The molecule has 2 heterocycles. The Hall–Kier alpha value is -3.48. The summed E-state index contributed by atoms with van der Waals surface area (Å²) in [5.41, 5.74) is 2.67. The summed E-state index contributed by atoms with van der Waals surface area (Å²) >= 11 is 0. The van der Waals surface area contributed by atoms with Crippen LogP contribution in [-0.4, -0.2) is 53.4 Å². The summed E-state index contributed by atoms with van der Waals surface area (Å²) in [6, 6.07) is 16.3. The summed E-state index contributed by atoms with van der Waals surface area (Å²) in [7, 11) is 2.98. The van der Waals surface area contributed by atoms with Gasteiger partial charge in [0.05, 0.1) is 12.1 Å². The molecule has 2 aliphatic rings. The molecule has 2 aromatic carbocycles. The number of likely N-dealkylation sites (tertiary alicyclic amines) is 1. The van der Waals surface area contributed by atoms with Crippen LogP contribution in [0.3, 0.4) is 0 Å². The summed E-state index contributed by atoms with van der Waals surface area (Å²) in [5.74, 6) is -0.937. The van der Waals surface area contributed by atoms with Gasteiger partial charge in [0, 0.05) is 26.1 Å². The van der Waals surface area contributed by atoms with Crippen LogP contribution >= 0.6 is 0 Å². The first kappa shape index (κ1) is 19.8. The van der Waals surface area contributed by atoms with E-state index in [1.807, 2.05) is 49.4 Å². The van der Waals surface area contributed by atoms with E-state index in [0.29, 0.717) is 12.0 Å². The van der Waals surface area contributed by atoms with Crippen LogP contribution < -0.4 is 0 Å². The molecule has 2 aromatic rings. The lowest BCUT2D eigenvalue weighted by Gasteiger charge is -2.22. The number of hydrogen-bond acceptors (Lipinski definition) is 5. The number of carbonyl (C=O) groups is 3.